The molecule has 1 heterocycles. The third kappa shape index (κ3) is 6.81. The number of nitrogens with zero attached hydrogens (tertiary/aromatic N) is 2. The van der Waals surface area contributed by atoms with Crippen LogP contribution < -0.4 is 4.90 Å². The quantitative estimate of drug-likeness (QED) is 0.138. The Bertz CT molecular complexity index is 3890. The second kappa shape index (κ2) is 16.6. The fourth-order valence-electron chi connectivity index (χ4n) is 10.8. The second-order valence-corrected chi connectivity index (χ2v) is 18.0. The van der Waals surface area contributed by atoms with Crippen LogP contribution in [0.25, 0.3) is 104 Å². The maximum absolute atomic E-state index is 2.50. The molecule has 0 bridgehead atoms. The van der Waals surface area contributed by atoms with E-state index in [1.807, 2.05) is 0 Å². The standard InChI is InChI=1S/C66H46N2/c1-4-18-45(19-5-1)51-40-52(46-20-6-2-7-21-46)43-56(42-51)67(54-37-34-48(35-38-54)63-44-50-23-11-12-28-57(50)60-30-14-15-31-61(60)63)55-27-16-24-49(41-55)58-32-17-33-64-65(58)62-39-36-47-22-10-13-29-59(47)66(62)68(64)53-25-8-3-9-26-53/h1-2,4-8,10-44H,3,9H2. The molecule has 0 radical (unpaired) electrons. The minimum absolute atomic E-state index is 1.03. The van der Waals surface area contributed by atoms with Crippen LogP contribution in [0.1, 0.15) is 12.8 Å². The summed E-state index contributed by atoms with van der Waals surface area (Å²) in [5.41, 5.74) is 16.4. The monoisotopic (exact) mass is 866 g/mol. The molecule has 0 N–H and O–H groups in total. The lowest BCUT2D eigenvalue weighted by molar-refractivity contribution is 1.02. The van der Waals surface area contributed by atoms with E-state index in [9.17, 15) is 0 Å². The largest absolute Gasteiger partial charge is 0.310 e. The first-order chi connectivity index (χ1) is 33.7. The highest BCUT2D eigenvalue weighted by atomic mass is 15.1. The SMILES string of the molecule is C1=CC(n2c3cccc(-c4cccc(N(c5ccc(-c6cc7ccccc7c7ccccc67)cc5)c5cc(-c6ccccc6)cc(-c6ccccc6)c5)c4)c3c3ccc4ccccc4c32)=CCC1. The fourth-order valence-corrected chi connectivity index (χ4v) is 10.8. The number of hydrogen-bond donors (Lipinski definition) is 0. The molecule has 11 aromatic carbocycles. The molecule has 13 rings (SSSR count). The molecule has 320 valence electrons. The van der Waals surface area contributed by atoms with E-state index in [1.165, 1.54) is 104 Å². The Balaban J connectivity index is 1.02. The minimum atomic E-state index is 1.03. The summed E-state index contributed by atoms with van der Waals surface area (Å²) in [6.45, 7) is 0. The zero-order valence-electron chi connectivity index (χ0n) is 37.6. The number of hydrogen-bond acceptors (Lipinski definition) is 1. The molecule has 0 spiro atoms. The van der Waals surface area contributed by atoms with Gasteiger partial charge in [-0.3, -0.25) is 0 Å². The van der Waals surface area contributed by atoms with E-state index in [4.69, 9.17) is 0 Å². The first-order valence-corrected chi connectivity index (χ1v) is 23.7. The van der Waals surface area contributed by atoms with Crippen molar-refractivity contribution in [2.24, 2.45) is 0 Å². The zero-order valence-corrected chi connectivity index (χ0v) is 37.6. The summed E-state index contributed by atoms with van der Waals surface area (Å²) in [7, 11) is 0. The molecule has 1 aliphatic rings. The minimum Gasteiger partial charge on any atom is -0.310 e. The maximum atomic E-state index is 2.50. The summed E-state index contributed by atoms with van der Waals surface area (Å²) in [6.07, 6.45) is 9.11. The summed E-state index contributed by atoms with van der Waals surface area (Å²) < 4.78 is 2.50. The van der Waals surface area contributed by atoms with Gasteiger partial charge in [0.25, 0.3) is 0 Å². The van der Waals surface area contributed by atoms with Gasteiger partial charge >= 0.3 is 0 Å². The van der Waals surface area contributed by atoms with Crippen molar-refractivity contribution in [2.45, 2.75) is 12.8 Å². The van der Waals surface area contributed by atoms with Gasteiger partial charge in [-0.05, 0) is 145 Å². The van der Waals surface area contributed by atoms with Crippen molar-refractivity contribution in [2.75, 3.05) is 4.90 Å². The summed E-state index contributed by atoms with van der Waals surface area (Å²) in [5, 5.41) is 10.1. The van der Waals surface area contributed by atoms with Crippen LogP contribution in [0.15, 0.2) is 255 Å². The van der Waals surface area contributed by atoms with Gasteiger partial charge in [-0.15, -0.1) is 0 Å². The van der Waals surface area contributed by atoms with Crippen LogP contribution in [0, 0.1) is 0 Å². The average molecular weight is 867 g/mol. The zero-order chi connectivity index (χ0) is 45.0. The molecule has 0 amide bonds. The van der Waals surface area contributed by atoms with Crippen LogP contribution in [0.5, 0.6) is 0 Å². The first kappa shape index (κ1) is 39.6. The second-order valence-electron chi connectivity index (χ2n) is 18.0. The Kier molecular flexibility index (Phi) is 9.68. The van der Waals surface area contributed by atoms with Crippen molar-refractivity contribution in [1.82, 2.24) is 4.57 Å². The van der Waals surface area contributed by atoms with E-state index in [1.54, 1.807) is 0 Å². The van der Waals surface area contributed by atoms with Crippen molar-refractivity contribution in [1.29, 1.82) is 0 Å². The van der Waals surface area contributed by atoms with E-state index in [-0.39, 0.29) is 0 Å². The number of fused-ring (bicyclic) bond motifs is 8. The third-order valence-corrected chi connectivity index (χ3v) is 13.9. The molecule has 1 aliphatic carbocycles. The Morgan fingerprint density at radius 2 is 0.971 bits per heavy atom. The number of anilines is 3. The van der Waals surface area contributed by atoms with Crippen molar-refractivity contribution >= 4 is 76.9 Å². The van der Waals surface area contributed by atoms with Gasteiger partial charge in [-0.25, -0.2) is 0 Å². The number of rotatable bonds is 8. The van der Waals surface area contributed by atoms with E-state index >= 15 is 0 Å². The Labute approximate surface area is 396 Å². The van der Waals surface area contributed by atoms with Gasteiger partial charge in [0, 0.05) is 38.9 Å². The van der Waals surface area contributed by atoms with Gasteiger partial charge in [0.2, 0.25) is 0 Å². The van der Waals surface area contributed by atoms with E-state index < -0.39 is 0 Å². The van der Waals surface area contributed by atoms with E-state index in [0.29, 0.717) is 0 Å². The van der Waals surface area contributed by atoms with Crippen molar-refractivity contribution in [3.05, 3.63) is 255 Å². The molecule has 0 saturated carbocycles. The topological polar surface area (TPSA) is 8.17 Å². The third-order valence-electron chi connectivity index (χ3n) is 13.9. The average Bonchev–Trinajstić information content (AvgIpc) is 3.77. The van der Waals surface area contributed by atoms with Gasteiger partial charge < -0.3 is 9.47 Å². The molecular weight excluding hydrogens is 821 g/mol. The lowest BCUT2D eigenvalue weighted by Gasteiger charge is -2.28. The Morgan fingerprint density at radius 3 is 1.71 bits per heavy atom. The van der Waals surface area contributed by atoms with Crippen LogP contribution in [0.3, 0.4) is 0 Å². The van der Waals surface area contributed by atoms with Gasteiger partial charge in [0.15, 0.2) is 0 Å². The lowest BCUT2D eigenvalue weighted by Crippen LogP contribution is -2.10. The van der Waals surface area contributed by atoms with E-state index in [0.717, 1.165) is 29.9 Å². The number of benzene rings is 11. The molecule has 2 nitrogen and oxygen atoms in total. The Hall–Kier alpha value is -8.72. The predicted molar refractivity (Wildman–Crippen MR) is 291 cm³/mol. The molecular formula is C66H46N2. The van der Waals surface area contributed by atoms with Gasteiger partial charge in [-0.1, -0.05) is 194 Å². The summed E-state index contributed by atoms with van der Waals surface area (Å²) in [6, 6.07) is 87.1. The van der Waals surface area contributed by atoms with E-state index in [2.05, 4.69) is 264 Å². The van der Waals surface area contributed by atoms with Crippen molar-refractivity contribution < 1.29 is 0 Å². The van der Waals surface area contributed by atoms with Gasteiger partial charge in [0.1, 0.15) is 0 Å². The smallest absolute Gasteiger partial charge is 0.0619 e. The number of allylic oxidation sites excluding steroid dienone is 4. The van der Waals surface area contributed by atoms with Gasteiger partial charge in [0.05, 0.1) is 11.0 Å². The highest BCUT2D eigenvalue weighted by Gasteiger charge is 2.22. The van der Waals surface area contributed by atoms with Crippen LogP contribution in [0.4, 0.5) is 17.1 Å². The van der Waals surface area contributed by atoms with Crippen LogP contribution in [-0.2, 0) is 0 Å². The molecule has 0 fully saturated rings. The van der Waals surface area contributed by atoms with Crippen molar-refractivity contribution in [3.8, 4) is 44.5 Å². The molecule has 68 heavy (non-hydrogen) atoms. The van der Waals surface area contributed by atoms with Crippen LogP contribution in [0.2, 0.25) is 0 Å². The normalized spacial score (nSPS) is 12.6. The number of aromatic nitrogens is 1. The molecule has 1 aromatic heterocycles. The predicted octanol–water partition coefficient (Wildman–Crippen LogP) is 18.6. The lowest BCUT2D eigenvalue weighted by atomic mass is 9.93. The highest BCUT2D eigenvalue weighted by molar-refractivity contribution is 6.23. The summed E-state index contributed by atoms with van der Waals surface area (Å²) in [5.74, 6) is 0. The van der Waals surface area contributed by atoms with Crippen molar-refractivity contribution in [3.63, 3.8) is 0 Å². The van der Waals surface area contributed by atoms with Crippen LogP contribution >= 0.6 is 0 Å². The highest BCUT2D eigenvalue weighted by Crippen LogP contribution is 2.45. The molecule has 0 aliphatic heterocycles. The van der Waals surface area contributed by atoms with Gasteiger partial charge in [-0.2, -0.15) is 0 Å². The molecule has 12 aromatic rings. The fraction of sp³-hybridized carbons (Fsp3) is 0.0303. The molecule has 0 atom stereocenters. The summed E-state index contributed by atoms with van der Waals surface area (Å²) >= 11 is 0. The molecule has 2 heteroatoms. The maximum Gasteiger partial charge on any atom is 0.0619 e. The first-order valence-electron chi connectivity index (χ1n) is 23.7. The summed E-state index contributed by atoms with van der Waals surface area (Å²) in [4.78, 5) is 2.44. The molecule has 0 saturated heterocycles. The Morgan fingerprint density at radius 1 is 0.338 bits per heavy atom. The molecule has 0 unspecified atom stereocenters. The van der Waals surface area contributed by atoms with Crippen LogP contribution in [-0.4, -0.2) is 4.57 Å².